The van der Waals surface area contributed by atoms with Crippen LogP contribution < -0.4 is 5.32 Å². The molecule has 1 heterocycles. The Morgan fingerprint density at radius 3 is 2.50 bits per heavy atom. The van der Waals surface area contributed by atoms with Crippen molar-refractivity contribution in [3.63, 3.8) is 0 Å². The van der Waals surface area contributed by atoms with Crippen LogP contribution in [0, 0.1) is 13.8 Å². The number of rotatable bonds is 6. The molecular formula is C23H27N3O2. The fourth-order valence-electron chi connectivity index (χ4n) is 3.51. The molecular weight excluding hydrogens is 350 g/mol. The van der Waals surface area contributed by atoms with Gasteiger partial charge in [0.15, 0.2) is 0 Å². The van der Waals surface area contributed by atoms with Gasteiger partial charge < -0.3 is 15.2 Å². The van der Waals surface area contributed by atoms with E-state index in [1.54, 1.807) is 23.1 Å². The maximum atomic E-state index is 12.7. The molecule has 5 heteroatoms. The summed E-state index contributed by atoms with van der Waals surface area (Å²) in [5.41, 5.74) is 5.43. The lowest BCUT2D eigenvalue weighted by Crippen LogP contribution is -2.30. The highest BCUT2D eigenvalue weighted by atomic mass is 16.2. The molecule has 146 valence electrons. The first kappa shape index (κ1) is 19.7. The molecule has 3 rings (SSSR count). The number of benzene rings is 2. The predicted octanol–water partition coefficient (Wildman–Crippen LogP) is 4.45. The fourth-order valence-corrected chi connectivity index (χ4v) is 3.51. The van der Waals surface area contributed by atoms with Crippen LogP contribution in [0.2, 0.25) is 0 Å². The topological polar surface area (TPSA) is 65.2 Å². The van der Waals surface area contributed by atoms with Crippen LogP contribution in [-0.4, -0.2) is 34.8 Å². The van der Waals surface area contributed by atoms with Gasteiger partial charge in [-0.05, 0) is 63.6 Å². The van der Waals surface area contributed by atoms with Gasteiger partial charge in [0.2, 0.25) is 5.91 Å². The molecule has 2 amide bonds. The summed E-state index contributed by atoms with van der Waals surface area (Å²) in [6, 6.07) is 13.3. The predicted molar refractivity (Wildman–Crippen MR) is 114 cm³/mol. The van der Waals surface area contributed by atoms with Crippen LogP contribution in [0.15, 0.2) is 42.5 Å². The van der Waals surface area contributed by atoms with Gasteiger partial charge in [0.1, 0.15) is 0 Å². The van der Waals surface area contributed by atoms with Crippen molar-refractivity contribution < 1.29 is 9.59 Å². The van der Waals surface area contributed by atoms with Crippen molar-refractivity contribution >= 4 is 28.4 Å². The minimum atomic E-state index is -0.0991. The minimum absolute atomic E-state index is 0.0240. The molecule has 0 saturated heterocycles. The number of hydrogen-bond acceptors (Lipinski definition) is 2. The summed E-state index contributed by atoms with van der Waals surface area (Å²) >= 11 is 0. The van der Waals surface area contributed by atoms with E-state index in [9.17, 15) is 9.59 Å². The Balaban J connectivity index is 1.77. The highest BCUT2D eigenvalue weighted by Crippen LogP contribution is 2.24. The number of nitrogens with zero attached hydrogens (tertiary/aromatic N) is 1. The lowest BCUT2D eigenvalue weighted by Gasteiger charge is -2.19. The molecule has 5 nitrogen and oxygen atoms in total. The largest absolute Gasteiger partial charge is 0.358 e. The zero-order valence-electron chi connectivity index (χ0n) is 16.9. The summed E-state index contributed by atoms with van der Waals surface area (Å²) in [4.78, 5) is 30.3. The zero-order valence-corrected chi connectivity index (χ0v) is 16.9. The number of H-pyrrole nitrogens is 1. The molecule has 3 aromatic rings. The van der Waals surface area contributed by atoms with Crippen molar-refractivity contribution in [1.82, 2.24) is 9.88 Å². The molecule has 0 atom stereocenters. The Morgan fingerprint density at radius 2 is 1.79 bits per heavy atom. The summed E-state index contributed by atoms with van der Waals surface area (Å²) in [6.07, 6.45) is 0.281. The highest BCUT2D eigenvalue weighted by Gasteiger charge is 2.15. The molecule has 0 fully saturated rings. The normalized spacial score (nSPS) is 10.9. The second kappa shape index (κ2) is 8.30. The molecule has 0 aliphatic rings. The summed E-state index contributed by atoms with van der Waals surface area (Å²) in [5.74, 6) is -0.123. The molecule has 2 N–H and O–H groups in total. The number of carbonyl (C=O) groups excluding carboxylic acids is 2. The van der Waals surface area contributed by atoms with Crippen molar-refractivity contribution in [3.8, 4) is 0 Å². The lowest BCUT2D eigenvalue weighted by molar-refractivity contribution is -0.115. The monoisotopic (exact) mass is 377 g/mol. The van der Waals surface area contributed by atoms with E-state index < -0.39 is 0 Å². The number of nitrogens with one attached hydrogen (secondary N) is 2. The molecule has 28 heavy (non-hydrogen) atoms. The highest BCUT2D eigenvalue weighted by molar-refractivity contribution is 5.99. The Bertz CT molecular complexity index is 1020. The molecule has 2 aromatic carbocycles. The second-order valence-corrected chi connectivity index (χ2v) is 7.06. The van der Waals surface area contributed by atoms with Crippen molar-refractivity contribution in [2.24, 2.45) is 0 Å². The average molecular weight is 377 g/mol. The van der Waals surface area contributed by atoms with Gasteiger partial charge >= 0.3 is 0 Å². The average Bonchev–Trinajstić information content (AvgIpc) is 2.97. The summed E-state index contributed by atoms with van der Waals surface area (Å²) in [7, 11) is 0. The third kappa shape index (κ3) is 4.09. The van der Waals surface area contributed by atoms with E-state index in [4.69, 9.17) is 0 Å². The summed E-state index contributed by atoms with van der Waals surface area (Å²) < 4.78 is 0. The number of carbonyl (C=O) groups is 2. The molecule has 0 spiro atoms. The van der Waals surface area contributed by atoms with Crippen molar-refractivity contribution in [2.75, 3.05) is 18.4 Å². The van der Waals surface area contributed by atoms with Crippen molar-refractivity contribution in [2.45, 2.75) is 34.1 Å². The van der Waals surface area contributed by atoms with Crippen molar-refractivity contribution in [3.05, 3.63) is 64.8 Å². The van der Waals surface area contributed by atoms with Gasteiger partial charge in [-0.2, -0.15) is 0 Å². The first-order valence-corrected chi connectivity index (χ1v) is 9.70. The van der Waals surface area contributed by atoms with Gasteiger partial charge in [-0.3, -0.25) is 9.59 Å². The summed E-state index contributed by atoms with van der Waals surface area (Å²) in [6.45, 7) is 9.26. The van der Waals surface area contributed by atoms with Crippen LogP contribution >= 0.6 is 0 Å². The van der Waals surface area contributed by atoms with Gasteiger partial charge in [0.25, 0.3) is 5.91 Å². The number of aryl methyl sites for hydroxylation is 2. The van der Waals surface area contributed by atoms with Gasteiger partial charge in [0.05, 0.1) is 6.42 Å². The Morgan fingerprint density at radius 1 is 1.04 bits per heavy atom. The number of anilines is 1. The van der Waals surface area contributed by atoms with Gasteiger partial charge in [-0.1, -0.05) is 17.7 Å². The molecule has 0 aliphatic carbocycles. The first-order chi connectivity index (χ1) is 13.4. The van der Waals surface area contributed by atoms with E-state index in [1.807, 2.05) is 39.8 Å². The van der Waals surface area contributed by atoms with Crippen LogP contribution in [0.4, 0.5) is 5.69 Å². The third-order valence-electron chi connectivity index (χ3n) is 5.06. The van der Waals surface area contributed by atoms with Gasteiger partial charge in [-0.25, -0.2) is 0 Å². The molecule has 0 radical (unpaired) electrons. The van der Waals surface area contributed by atoms with E-state index in [0.717, 1.165) is 27.7 Å². The first-order valence-electron chi connectivity index (χ1n) is 9.70. The van der Waals surface area contributed by atoms with E-state index in [0.29, 0.717) is 24.3 Å². The van der Waals surface area contributed by atoms with Crippen LogP contribution in [0.1, 0.15) is 41.0 Å². The van der Waals surface area contributed by atoms with Crippen LogP contribution in [0.25, 0.3) is 10.9 Å². The SMILES string of the molecule is CCN(CC)C(=O)c1cccc(NC(=O)Cc2c(C)[nH]c3ccc(C)cc23)c1. The number of hydrogen-bond donors (Lipinski definition) is 2. The Kier molecular flexibility index (Phi) is 5.83. The maximum Gasteiger partial charge on any atom is 0.253 e. The quantitative estimate of drug-likeness (QED) is 0.667. The smallest absolute Gasteiger partial charge is 0.253 e. The van der Waals surface area contributed by atoms with Crippen LogP contribution in [0.3, 0.4) is 0 Å². The van der Waals surface area contributed by atoms with E-state index >= 15 is 0 Å². The second-order valence-electron chi connectivity index (χ2n) is 7.06. The van der Waals surface area contributed by atoms with E-state index in [2.05, 4.69) is 22.4 Å². The standard InChI is InChI=1S/C23H27N3O2/c1-5-26(6-2)23(28)17-8-7-9-18(13-17)25-22(27)14-19-16(4)24-21-11-10-15(3)12-20(19)21/h7-13,24H,5-6,14H2,1-4H3,(H,25,27). The zero-order chi connectivity index (χ0) is 20.3. The Hall–Kier alpha value is -3.08. The van der Waals surface area contributed by atoms with E-state index in [1.165, 1.54) is 0 Å². The number of fused-ring (bicyclic) bond motifs is 1. The van der Waals surface area contributed by atoms with Gasteiger partial charge in [0, 0.05) is 40.9 Å². The van der Waals surface area contributed by atoms with Gasteiger partial charge in [-0.15, -0.1) is 0 Å². The molecule has 0 saturated carbocycles. The fraction of sp³-hybridized carbons (Fsp3) is 0.304. The molecule has 0 unspecified atom stereocenters. The molecule has 0 aliphatic heterocycles. The minimum Gasteiger partial charge on any atom is -0.358 e. The molecule has 1 aromatic heterocycles. The van der Waals surface area contributed by atoms with Crippen LogP contribution in [-0.2, 0) is 11.2 Å². The van der Waals surface area contributed by atoms with Crippen LogP contribution in [0.5, 0.6) is 0 Å². The molecule has 0 bridgehead atoms. The third-order valence-corrected chi connectivity index (χ3v) is 5.06. The van der Waals surface area contributed by atoms with E-state index in [-0.39, 0.29) is 18.2 Å². The lowest BCUT2D eigenvalue weighted by atomic mass is 10.1. The number of amides is 2. The van der Waals surface area contributed by atoms with Crippen molar-refractivity contribution in [1.29, 1.82) is 0 Å². The summed E-state index contributed by atoms with van der Waals surface area (Å²) in [5, 5.41) is 4.01. The number of aromatic amines is 1. The maximum absolute atomic E-state index is 12.7. The number of aromatic nitrogens is 1. The Labute approximate surface area is 165 Å².